The fourth-order valence-corrected chi connectivity index (χ4v) is 2.57. The number of rotatable bonds is 3. The van der Waals surface area contributed by atoms with Gasteiger partial charge in [0, 0.05) is 10.6 Å². The van der Waals surface area contributed by atoms with Gasteiger partial charge in [-0.3, -0.25) is 14.6 Å². The molecule has 0 bridgehead atoms. The standard InChI is InChI=1S/C16H15ClN2O2/c1-18(2)10-19-15-8-11(17)5-6-13(15)14(16(19)20)9-12-4-3-7-21-12/h3-9H,10H2,1-2H3. The first-order valence-corrected chi connectivity index (χ1v) is 6.96. The van der Waals surface area contributed by atoms with Crippen LogP contribution in [0.5, 0.6) is 0 Å². The Morgan fingerprint density at radius 1 is 1.33 bits per heavy atom. The van der Waals surface area contributed by atoms with Crippen LogP contribution in [0.4, 0.5) is 5.69 Å². The average Bonchev–Trinajstić information content (AvgIpc) is 3.01. The second-order valence-corrected chi connectivity index (χ2v) is 5.63. The molecular formula is C16H15ClN2O2. The minimum atomic E-state index is -0.0441. The normalized spacial score (nSPS) is 16.1. The number of nitrogens with zero attached hydrogens (tertiary/aromatic N) is 2. The number of furan rings is 1. The zero-order valence-corrected chi connectivity index (χ0v) is 12.6. The van der Waals surface area contributed by atoms with Gasteiger partial charge in [0.2, 0.25) is 0 Å². The lowest BCUT2D eigenvalue weighted by Gasteiger charge is -2.21. The predicted octanol–water partition coefficient (Wildman–Crippen LogP) is 3.34. The van der Waals surface area contributed by atoms with Crippen LogP contribution in [-0.4, -0.2) is 31.6 Å². The van der Waals surface area contributed by atoms with Crippen molar-refractivity contribution in [1.29, 1.82) is 0 Å². The molecular weight excluding hydrogens is 288 g/mol. The monoisotopic (exact) mass is 302 g/mol. The van der Waals surface area contributed by atoms with Crippen molar-refractivity contribution in [3.8, 4) is 0 Å². The molecule has 0 radical (unpaired) electrons. The van der Waals surface area contributed by atoms with Crippen molar-refractivity contribution in [2.45, 2.75) is 0 Å². The van der Waals surface area contributed by atoms with Crippen LogP contribution in [0.25, 0.3) is 11.6 Å². The van der Waals surface area contributed by atoms with E-state index in [1.807, 2.05) is 37.2 Å². The molecule has 0 N–H and O–H groups in total. The third-order valence-electron chi connectivity index (χ3n) is 3.27. The first-order valence-electron chi connectivity index (χ1n) is 6.58. The van der Waals surface area contributed by atoms with E-state index in [0.717, 1.165) is 11.3 Å². The van der Waals surface area contributed by atoms with E-state index in [2.05, 4.69) is 0 Å². The van der Waals surface area contributed by atoms with Crippen molar-refractivity contribution in [3.63, 3.8) is 0 Å². The van der Waals surface area contributed by atoms with E-state index in [9.17, 15) is 4.79 Å². The number of hydrogen-bond donors (Lipinski definition) is 0. The summed E-state index contributed by atoms with van der Waals surface area (Å²) in [6.45, 7) is 0.502. The molecule has 4 nitrogen and oxygen atoms in total. The van der Waals surface area contributed by atoms with Crippen molar-refractivity contribution in [1.82, 2.24) is 4.90 Å². The van der Waals surface area contributed by atoms with E-state index in [1.54, 1.807) is 29.4 Å². The maximum Gasteiger partial charge on any atom is 0.260 e. The molecule has 0 spiro atoms. The zero-order valence-electron chi connectivity index (χ0n) is 11.8. The number of carbonyl (C=O) groups excluding carboxylic acids is 1. The van der Waals surface area contributed by atoms with E-state index in [1.165, 1.54) is 0 Å². The molecule has 3 rings (SSSR count). The Hall–Kier alpha value is -2.04. The van der Waals surface area contributed by atoms with Crippen molar-refractivity contribution in [3.05, 3.63) is 52.9 Å². The quantitative estimate of drug-likeness (QED) is 0.816. The van der Waals surface area contributed by atoms with Crippen LogP contribution in [0, 0.1) is 0 Å². The van der Waals surface area contributed by atoms with Crippen LogP contribution in [0.2, 0.25) is 5.02 Å². The van der Waals surface area contributed by atoms with Crippen molar-refractivity contribution >= 4 is 34.8 Å². The van der Waals surface area contributed by atoms with Gasteiger partial charge in [0.15, 0.2) is 0 Å². The second kappa shape index (κ2) is 5.39. The molecule has 0 atom stereocenters. The smallest absolute Gasteiger partial charge is 0.260 e. The summed E-state index contributed by atoms with van der Waals surface area (Å²) in [4.78, 5) is 16.3. The third-order valence-corrected chi connectivity index (χ3v) is 3.51. The maximum atomic E-state index is 12.7. The highest BCUT2D eigenvalue weighted by atomic mass is 35.5. The zero-order chi connectivity index (χ0) is 15.0. The minimum absolute atomic E-state index is 0.0441. The Balaban J connectivity index is 2.10. The summed E-state index contributed by atoms with van der Waals surface area (Å²) in [6.07, 6.45) is 3.36. The van der Waals surface area contributed by atoms with E-state index in [-0.39, 0.29) is 5.91 Å². The summed E-state index contributed by atoms with van der Waals surface area (Å²) in [5.41, 5.74) is 2.33. The third kappa shape index (κ3) is 2.60. The predicted molar refractivity (Wildman–Crippen MR) is 84.1 cm³/mol. The van der Waals surface area contributed by atoms with Gasteiger partial charge < -0.3 is 4.42 Å². The first kappa shape index (κ1) is 13.9. The largest absolute Gasteiger partial charge is 0.465 e. The van der Waals surface area contributed by atoms with Crippen molar-refractivity contribution < 1.29 is 9.21 Å². The van der Waals surface area contributed by atoms with Crippen LogP contribution >= 0.6 is 11.6 Å². The Bertz CT molecular complexity index is 705. The molecule has 0 saturated heterocycles. The summed E-state index contributed by atoms with van der Waals surface area (Å²) in [5.74, 6) is 0.614. The highest BCUT2D eigenvalue weighted by Gasteiger charge is 2.32. The van der Waals surface area contributed by atoms with Gasteiger partial charge in [-0.2, -0.15) is 0 Å². The number of amides is 1. The maximum absolute atomic E-state index is 12.7. The topological polar surface area (TPSA) is 36.7 Å². The Morgan fingerprint density at radius 3 is 2.81 bits per heavy atom. The highest BCUT2D eigenvalue weighted by molar-refractivity contribution is 6.37. The summed E-state index contributed by atoms with van der Waals surface area (Å²) in [5, 5.41) is 0.615. The van der Waals surface area contributed by atoms with Crippen LogP contribution < -0.4 is 4.90 Å². The summed E-state index contributed by atoms with van der Waals surface area (Å²) in [7, 11) is 3.84. The van der Waals surface area contributed by atoms with Crippen LogP contribution in [0.3, 0.4) is 0 Å². The molecule has 21 heavy (non-hydrogen) atoms. The summed E-state index contributed by atoms with van der Waals surface area (Å²) < 4.78 is 5.32. The van der Waals surface area contributed by atoms with E-state index >= 15 is 0 Å². The number of benzene rings is 1. The fraction of sp³-hybridized carbons (Fsp3) is 0.188. The molecule has 1 aliphatic rings. The summed E-state index contributed by atoms with van der Waals surface area (Å²) >= 11 is 6.07. The van der Waals surface area contributed by atoms with Gasteiger partial charge >= 0.3 is 0 Å². The molecule has 1 aliphatic heterocycles. The molecule has 108 valence electrons. The Labute approximate surface area is 128 Å². The molecule has 0 saturated carbocycles. The minimum Gasteiger partial charge on any atom is -0.465 e. The SMILES string of the molecule is CN(C)CN1C(=O)C(=Cc2ccco2)c2ccc(Cl)cc21. The molecule has 0 aliphatic carbocycles. The Kier molecular flexibility index (Phi) is 3.57. The molecule has 2 heterocycles. The number of hydrogen-bond acceptors (Lipinski definition) is 3. The van der Waals surface area contributed by atoms with Gasteiger partial charge in [-0.15, -0.1) is 0 Å². The lowest BCUT2D eigenvalue weighted by Crippen LogP contribution is -2.35. The molecule has 0 fully saturated rings. The van der Waals surface area contributed by atoms with Crippen LogP contribution in [-0.2, 0) is 4.79 Å². The lowest BCUT2D eigenvalue weighted by molar-refractivity contribution is -0.113. The van der Waals surface area contributed by atoms with Crippen LogP contribution in [0.15, 0.2) is 41.0 Å². The van der Waals surface area contributed by atoms with Gasteiger partial charge in [-0.25, -0.2) is 0 Å². The van der Waals surface area contributed by atoms with Gasteiger partial charge in [-0.1, -0.05) is 17.7 Å². The lowest BCUT2D eigenvalue weighted by atomic mass is 10.1. The molecule has 5 heteroatoms. The molecule has 2 aromatic rings. The van der Waals surface area contributed by atoms with Gasteiger partial charge in [0.25, 0.3) is 5.91 Å². The van der Waals surface area contributed by atoms with Crippen molar-refractivity contribution in [2.75, 3.05) is 25.7 Å². The fourth-order valence-electron chi connectivity index (χ4n) is 2.40. The molecule has 1 amide bonds. The van der Waals surface area contributed by atoms with E-state index in [4.69, 9.17) is 16.0 Å². The molecule has 0 unspecified atom stereocenters. The second-order valence-electron chi connectivity index (χ2n) is 5.19. The molecule has 1 aromatic heterocycles. The number of halogens is 1. The Morgan fingerprint density at radius 2 is 2.14 bits per heavy atom. The van der Waals surface area contributed by atoms with Gasteiger partial charge in [-0.05, 0) is 44.4 Å². The number of carbonyl (C=O) groups is 1. The van der Waals surface area contributed by atoms with E-state index in [0.29, 0.717) is 23.0 Å². The van der Waals surface area contributed by atoms with Gasteiger partial charge in [0.05, 0.1) is 24.2 Å². The van der Waals surface area contributed by atoms with Gasteiger partial charge in [0.1, 0.15) is 5.76 Å². The molecule has 1 aromatic carbocycles. The van der Waals surface area contributed by atoms with Crippen molar-refractivity contribution in [2.24, 2.45) is 0 Å². The average molecular weight is 303 g/mol. The first-order chi connectivity index (χ1) is 10.1. The highest BCUT2D eigenvalue weighted by Crippen LogP contribution is 2.39. The summed E-state index contributed by atoms with van der Waals surface area (Å²) in [6, 6.07) is 9.11. The number of anilines is 1. The van der Waals surface area contributed by atoms with Crippen LogP contribution in [0.1, 0.15) is 11.3 Å². The number of fused-ring (bicyclic) bond motifs is 1. The van der Waals surface area contributed by atoms with E-state index < -0.39 is 0 Å².